The number of anilines is 1. The van der Waals surface area contributed by atoms with E-state index >= 15 is 4.39 Å². The van der Waals surface area contributed by atoms with Crippen LogP contribution in [-0.2, 0) is 4.79 Å². The molecule has 0 N–H and O–H groups in total. The Bertz CT molecular complexity index is 1980. The van der Waals surface area contributed by atoms with Gasteiger partial charge in [-0.15, -0.1) is 0 Å². The average Bonchev–Trinajstić information content (AvgIpc) is 3.73. The molecule has 4 aromatic rings. The topological polar surface area (TPSA) is 72.7 Å². The molecule has 4 saturated heterocycles. The number of nitriles is 1. The van der Waals surface area contributed by atoms with Crippen LogP contribution < -0.4 is 9.64 Å². The van der Waals surface area contributed by atoms with Crippen LogP contribution in [0.15, 0.2) is 55.1 Å². The lowest BCUT2D eigenvalue weighted by molar-refractivity contribution is -0.127. The van der Waals surface area contributed by atoms with Crippen molar-refractivity contribution in [1.82, 2.24) is 14.8 Å². The minimum atomic E-state index is -0.585. The lowest BCUT2D eigenvalue weighted by atomic mass is 9.92. The summed E-state index contributed by atoms with van der Waals surface area (Å²) >= 11 is 6.44. The summed E-state index contributed by atoms with van der Waals surface area (Å²) < 4.78 is 37.4. The summed E-state index contributed by atoms with van der Waals surface area (Å²) in [6.07, 6.45) is 6.33. The lowest BCUT2D eigenvalue weighted by Gasteiger charge is -2.48. The molecule has 3 aromatic carbocycles. The van der Waals surface area contributed by atoms with Crippen molar-refractivity contribution in [3.8, 4) is 23.1 Å². The van der Waals surface area contributed by atoms with E-state index in [1.54, 1.807) is 24.3 Å². The van der Waals surface area contributed by atoms with Crippen molar-refractivity contribution in [2.75, 3.05) is 37.7 Å². The average molecular weight is 640 g/mol. The fraction of sp³-hybridized carbons (Fsp3) is 0.361. The molecule has 0 spiro atoms. The van der Waals surface area contributed by atoms with Crippen molar-refractivity contribution < 1.29 is 18.3 Å². The van der Waals surface area contributed by atoms with Gasteiger partial charge in [-0.3, -0.25) is 9.69 Å². The molecule has 0 saturated carbocycles. The van der Waals surface area contributed by atoms with Gasteiger partial charge in [0.15, 0.2) is 0 Å². The number of hydrogen-bond acceptors (Lipinski definition) is 6. The molecule has 0 unspecified atom stereocenters. The summed E-state index contributed by atoms with van der Waals surface area (Å²) in [4.78, 5) is 23.8. The Labute approximate surface area is 270 Å². The molecular formula is C36H32ClF2N5O2. The Morgan fingerprint density at radius 1 is 1.11 bits per heavy atom. The van der Waals surface area contributed by atoms with Gasteiger partial charge >= 0.3 is 0 Å². The third kappa shape index (κ3) is 4.30. The second-order valence-electron chi connectivity index (χ2n) is 12.9. The maximum absolute atomic E-state index is 16.3. The monoisotopic (exact) mass is 639 g/mol. The number of carbonyl (C=O) groups excluding carboxylic acids is 1. The van der Waals surface area contributed by atoms with Crippen LogP contribution >= 0.6 is 11.6 Å². The van der Waals surface area contributed by atoms with Gasteiger partial charge < -0.3 is 14.5 Å². The summed E-state index contributed by atoms with van der Waals surface area (Å²) in [7, 11) is 0. The Kier molecular flexibility index (Phi) is 6.93. The first-order chi connectivity index (χ1) is 22.3. The summed E-state index contributed by atoms with van der Waals surface area (Å²) in [5.74, 6) is -1.02. The van der Waals surface area contributed by atoms with Gasteiger partial charge in [0, 0.05) is 29.4 Å². The minimum absolute atomic E-state index is 0.0223. The number of fused-ring (bicyclic) bond motifs is 4. The molecule has 4 fully saturated rings. The van der Waals surface area contributed by atoms with Gasteiger partial charge in [0.1, 0.15) is 29.9 Å². The molecule has 46 heavy (non-hydrogen) atoms. The van der Waals surface area contributed by atoms with Gasteiger partial charge in [0.05, 0.1) is 33.8 Å². The Morgan fingerprint density at radius 2 is 1.91 bits per heavy atom. The lowest BCUT2D eigenvalue weighted by Crippen LogP contribution is -2.63. The second kappa shape index (κ2) is 10.9. The Balaban J connectivity index is 1.28. The molecular weight excluding hydrogens is 608 g/mol. The van der Waals surface area contributed by atoms with Gasteiger partial charge in [-0.2, -0.15) is 5.26 Å². The quantitative estimate of drug-likeness (QED) is 0.215. The molecule has 4 aliphatic heterocycles. The number of aromatic nitrogens is 1. The van der Waals surface area contributed by atoms with Crippen molar-refractivity contribution in [2.24, 2.45) is 0 Å². The van der Waals surface area contributed by atoms with Crippen molar-refractivity contribution >= 4 is 44.9 Å². The fourth-order valence-electron chi connectivity index (χ4n) is 8.42. The van der Waals surface area contributed by atoms with Crippen molar-refractivity contribution in [2.45, 2.75) is 49.7 Å². The SMILES string of the molecule is C=CC(=O)N1CC[C@@H]2[C@H]1CN2c1c(C#N)c(OCC23CCCN2CCC3)nc2cc(-c3cccc4ccc(F)c(Cl)c34)c(F)cc12. The first-order valence-electron chi connectivity index (χ1n) is 15.9. The van der Waals surface area contributed by atoms with Gasteiger partial charge in [-0.25, -0.2) is 13.8 Å². The van der Waals surface area contributed by atoms with E-state index < -0.39 is 11.6 Å². The van der Waals surface area contributed by atoms with Crippen molar-refractivity contribution in [3.05, 3.63) is 77.3 Å². The molecule has 10 heteroatoms. The van der Waals surface area contributed by atoms with E-state index in [4.69, 9.17) is 21.3 Å². The van der Waals surface area contributed by atoms with Gasteiger partial charge in [0.2, 0.25) is 11.8 Å². The van der Waals surface area contributed by atoms with E-state index in [1.165, 1.54) is 18.2 Å². The van der Waals surface area contributed by atoms with E-state index in [2.05, 4.69) is 22.4 Å². The van der Waals surface area contributed by atoms with Crippen molar-refractivity contribution in [1.29, 1.82) is 5.26 Å². The van der Waals surface area contributed by atoms with Crippen LogP contribution in [-0.4, -0.2) is 71.1 Å². The first-order valence-corrected chi connectivity index (χ1v) is 16.2. The zero-order chi connectivity index (χ0) is 31.7. The maximum atomic E-state index is 16.3. The van der Waals surface area contributed by atoms with Crippen molar-refractivity contribution in [3.63, 3.8) is 0 Å². The highest BCUT2D eigenvalue weighted by molar-refractivity contribution is 6.37. The zero-order valence-corrected chi connectivity index (χ0v) is 26.0. The molecule has 7 nitrogen and oxygen atoms in total. The van der Waals surface area contributed by atoms with Crippen LogP contribution in [0, 0.1) is 23.0 Å². The summed E-state index contributed by atoms with van der Waals surface area (Å²) in [6, 6.07) is 13.6. The third-order valence-corrected chi connectivity index (χ3v) is 11.0. The predicted octanol–water partition coefficient (Wildman–Crippen LogP) is 6.84. The standard InChI is InChI=1S/C36H32ClF2N5O2/c1-2-31(45)43-15-10-29-30(43)19-44(29)34-24-16-27(39)23(22-7-3-6-21-8-9-26(38)33(37)32(21)22)17-28(24)41-35(25(34)18-40)46-20-36-11-4-13-42(36)14-5-12-36/h2-3,6-9,16-17,29-30H,1,4-5,10-15,19-20H2/t29-,30-/m1/s1. The number of likely N-dealkylation sites (tertiary alicyclic amines) is 1. The van der Waals surface area contributed by atoms with E-state index in [0.29, 0.717) is 59.0 Å². The van der Waals surface area contributed by atoms with Crippen LogP contribution in [0.2, 0.25) is 5.02 Å². The number of hydrogen-bond donors (Lipinski definition) is 0. The van der Waals surface area contributed by atoms with Gasteiger partial charge in [-0.1, -0.05) is 42.4 Å². The first kappa shape index (κ1) is 29.2. The van der Waals surface area contributed by atoms with E-state index in [9.17, 15) is 14.4 Å². The maximum Gasteiger partial charge on any atom is 0.246 e. The smallest absolute Gasteiger partial charge is 0.246 e. The number of carbonyl (C=O) groups is 1. The van der Waals surface area contributed by atoms with E-state index in [-0.39, 0.29) is 45.6 Å². The number of rotatable bonds is 6. The molecule has 2 atom stereocenters. The molecule has 1 aromatic heterocycles. The molecule has 5 heterocycles. The molecule has 0 aliphatic carbocycles. The fourth-order valence-corrected chi connectivity index (χ4v) is 8.69. The van der Waals surface area contributed by atoms with E-state index in [1.807, 2.05) is 11.0 Å². The zero-order valence-electron chi connectivity index (χ0n) is 25.2. The number of ether oxygens (including phenoxy) is 1. The minimum Gasteiger partial charge on any atom is -0.475 e. The van der Waals surface area contributed by atoms with Crippen LogP contribution in [0.4, 0.5) is 14.5 Å². The largest absolute Gasteiger partial charge is 0.475 e. The molecule has 8 rings (SSSR count). The third-order valence-electron chi connectivity index (χ3n) is 10.7. The summed E-state index contributed by atoms with van der Waals surface area (Å²) in [6.45, 7) is 7.22. The van der Waals surface area contributed by atoms with Crippen LogP contribution in [0.25, 0.3) is 32.8 Å². The normalized spacial score (nSPS) is 21.7. The molecule has 0 bridgehead atoms. The number of amides is 1. The summed E-state index contributed by atoms with van der Waals surface area (Å²) in [5, 5.41) is 12.1. The van der Waals surface area contributed by atoms with Crippen LogP contribution in [0.5, 0.6) is 5.88 Å². The Morgan fingerprint density at radius 3 is 2.67 bits per heavy atom. The molecule has 1 amide bonds. The number of pyridine rings is 1. The highest BCUT2D eigenvalue weighted by atomic mass is 35.5. The number of nitrogens with zero attached hydrogens (tertiary/aromatic N) is 5. The van der Waals surface area contributed by atoms with E-state index in [0.717, 1.165) is 38.8 Å². The van der Waals surface area contributed by atoms with Crippen LogP contribution in [0.3, 0.4) is 0 Å². The molecule has 0 radical (unpaired) electrons. The Hall–Kier alpha value is -4.26. The molecule has 234 valence electrons. The van der Waals surface area contributed by atoms with Gasteiger partial charge in [-0.05, 0) is 80.4 Å². The number of halogens is 3. The highest BCUT2D eigenvalue weighted by Crippen LogP contribution is 2.46. The number of benzene rings is 3. The summed E-state index contributed by atoms with van der Waals surface area (Å²) in [5.41, 5.74) is 1.89. The van der Waals surface area contributed by atoms with Crippen LogP contribution in [0.1, 0.15) is 37.7 Å². The predicted molar refractivity (Wildman–Crippen MR) is 174 cm³/mol. The highest BCUT2D eigenvalue weighted by Gasteiger charge is 2.50. The van der Waals surface area contributed by atoms with Gasteiger partial charge in [0.25, 0.3) is 0 Å². The second-order valence-corrected chi connectivity index (χ2v) is 13.3. The molecule has 4 aliphatic rings.